The fraction of sp³-hybridized carbons (Fsp3) is 0.500. The highest BCUT2D eigenvalue weighted by Crippen LogP contribution is 2.23. The largest absolute Gasteiger partial charge is 0.508 e. The van der Waals surface area contributed by atoms with Crippen molar-refractivity contribution in [3.05, 3.63) is 23.8 Å². The van der Waals surface area contributed by atoms with Crippen LogP contribution in [-0.2, 0) is 0 Å². The number of aromatic hydroxyl groups is 2. The molecule has 1 aromatic rings. The third-order valence-electron chi connectivity index (χ3n) is 3.44. The highest BCUT2D eigenvalue weighted by Gasteiger charge is 2.15. The Kier molecular flexibility index (Phi) is 4.07. The summed E-state index contributed by atoms with van der Waals surface area (Å²) in [5.41, 5.74) is 0.295. The molecule has 1 aliphatic rings. The first-order chi connectivity index (χ1) is 8.65. The third kappa shape index (κ3) is 3.39. The number of phenolic OH excluding ortho intramolecular Hbond substituents is 2. The summed E-state index contributed by atoms with van der Waals surface area (Å²) in [5, 5.41) is 21.5. The van der Waals surface area contributed by atoms with E-state index in [1.54, 1.807) is 0 Å². The lowest BCUT2D eigenvalue weighted by molar-refractivity contribution is 0.0942. The number of hydrogen-bond donors (Lipinski definition) is 3. The van der Waals surface area contributed by atoms with Crippen LogP contribution in [0.15, 0.2) is 18.2 Å². The molecule has 18 heavy (non-hydrogen) atoms. The molecular weight excluding hydrogens is 230 g/mol. The molecule has 0 unspecified atom stereocenters. The maximum absolute atomic E-state index is 11.9. The Balaban J connectivity index is 1.90. The monoisotopic (exact) mass is 249 g/mol. The van der Waals surface area contributed by atoms with E-state index in [2.05, 4.69) is 5.32 Å². The molecule has 3 N–H and O–H groups in total. The molecule has 4 heteroatoms. The zero-order chi connectivity index (χ0) is 13.0. The Morgan fingerprint density at radius 3 is 2.33 bits per heavy atom. The summed E-state index contributed by atoms with van der Waals surface area (Å²) in [6, 6.07) is 3.92. The van der Waals surface area contributed by atoms with Crippen molar-refractivity contribution in [1.29, 1.82) is 0 Å². The van der Waals surface area contributed by atoms with E-state index in [4.69, 9.17) is 0 Å². The molecule has 0 bridgehead atoms. The highest BCUT2D eigenvalue weighted by molar-refractivity contribution is 5.95. The van der Waals surface area contributed by atoms with Gasteiger partial charge in [-0.1, -0.05) is 19.3 Å². The summed E-state index contributed by atoms with van der Waals surface area (Å²) in [6.45, 7) is 0.676. The van der Waals surface area contributed by atoms with E-state index < -0.39 is 0 Å². The van der Waals surface area contributed by atoms with Gasteiger partial charge >= 0.3 is 0 Å². The lowest BCUT2D eigenvalue weighted by Crippen LogP contribution is -2.30. The van der Waals surface area contributed by atoms with E-state index >= 15 is 0 Å². The molecule has 1 amide bonds. The standard InChI is InChI=1S/C14H19NO3/c16-12-6-11(7-13(17)8-12)14(18)15-9-10-4-2-1-3-5-10/h6-8,10,16-17H,1-5,9H2,(H,15,18). The lowest BCUT2D eigenvalue weighted by atomic mass is 9.89. The molecule has 0 radical (unpaired) electrons. The Labute approximate surface area is 107 Å². The third-order valence-corrected chi connectivity index (χ3v) is 3.44. The van der Waals surface area contributed by atoms with Crippen LogP contribution in [0.4, 0.5) is 0 Å². The summed E-state index contributed by atoms with van der Waals surface area (Å²) < 4.78 is 0. The van der Waals surface area contributed by atoms with Gasteiger partial charge < -0.3 is 15.5 Å². The van der Waals surface area contributed by atoms with Crippen LogP contribution in [0.3, 0.4) is 0 Å². The molecule has 98 valence electrons. The molecule has 1 fully saturated rings. The normalized spacial score (nSPS) is 16.4. The van der Waals surface area contributed by atoms with Crippen LogP contribution in [0.25, 0.3) is 0 Å². The van der Waals surface area contributed by atoms with Crippen LogP contribution >= 0.6 is 0 Å². The number of nitrogens with one attached hydrogen (secondary N) is 1. The van der Waals surface area contributed by atoms with E-state index in [1.807, 2.05) is 0 Å². The van der Waals surface area contributed by atoms with Gasteiger partial charge in [-0.2, -0.15) is 0 Å². The van der Waals surface area contributed by atoms with Crippen LogP contribution in [-0.4, -0.2) is 22.7 Å². The number of carbonyl (C=O) groups is 1. The van der Waals surface area contributed by atoms with Gasteiger partial charge in [-0.25, -0.2) is 0 Å². The van der Waals surface area contributed by atoms with Crippen LogP contribution in [0.5, 0.6) is 11.5 Å². The van der Waals surface area contributed by atoms with Gasteiger partial charge in [0.1, 0.15) is 11.5 Å². The van der Waals surface area contributed by atoms with Crippen molar-refractivity contribution in [3.8, 4) is 11.5 Å². The second-order valence-electron chi connectivity index (χ2n) is 4.95. The average molecular weight is 249 g/mol. The molecule has 0 aromatic heterocycles. The second kappa shape index (κ2) is 5.76. The molecule has 2 rings (SSSR count). The van der Waals surface area contributed by atoms with E-state index in [0.29, 0.717) is 18.0 Å². The van der Waals surface area contributed by atoms with E-state index in [1.165, 1.54) is 50.3 Å². The van der Waals surface area contributed by atoms with Crippen molar-refractivity contribution >= 4 is 5.91 Å². The Morgan fingerprint density at radius 1 is 1.11 bits per heavy atom. The molecule has 4 nitrogen and oxygen atoms in total. The number of benzene rings is 1. The molecule has 1 aromatic carbocycles. The number of hydrogen-bond acceptors (Lipinski definition) is 3. The molecular formula is C14H19NO3. The molecule has 0 saturated heterocycles. The van der Waals surface area contributed by atoms with Gasteiger partial charge in [0.05, 0.1) is 0 Å². The molecule has 1 aliphatic carbocycles. The SMILES string of the molecule is O=C(NCC1CCCCC1)c1cc(O)cc(O)c1. The number of rotatable bonds is 3. The van der Waals surface area contributed by atoms with Crippen molar-refractivity contribution in [2.24, 2.45) is 5.92 Å². The van der Waals surface area contributed by atoms with Gasteiger partial charge in [-0.3, -0.25) is 4.79 Å². The topological polar surface area (TPSA) is 69.6 Å². The fourth-order valence-corrected chi connectivity index (χ4v) is 2.46. The quantitative estimate of drug-likeness (QED) is 0.770. The van der Waals surface area contributed by atoms with Crippen molar-refractivity contribution < 1.29 is 15.0 Å². The number of amides is 1. The summed E-state index contributed by atoms with van der Waals surface area (Å²) in [5.74, 6) is 0.121. The van der Waals surface area contributed by atoms with E-state index in [0.717, 1.165) is 0 Å². The maximum atomic E-state index is 11.9. The van der Waals surface area contributed by atoms with Crippen LogP contribution in [0, 0.1) is 5.92 Å². The molecule has 0 atom stereocenters. The smallest absolute Gasteiger partial charge is 0.251 e. The summed E-state index contributed by atoms with van der Waals surface area (Å²) in [6.07, 6.45) is 6.13. The average Bonchev–Trinajstić information content (AvgIpc) is 2.36. The lowest BCUT2D eigenvalue weighted by Gasteiger charge is -2.21. The number of carbonyl (C=O) groups excluding carboxylic acids is 1. The minimum Gasteiger partial charge on any atom is -0.508 e. The van der Waals surface area contributed by atoms with Crippen LogP contribution in [0.2, 0.25) is 0 Å². The fourth-order valence-electron chi connectivity index (χ4n) is 2.46. The Hall–Kier alpha value is -1.71. The van der Waals surface area contributed by atoms with Crippen molar-refractivity contribution in [3.63, 3.8) is 0 Å². The van der Waals surface area contributed by atoms with Gasteiger partial charge in [0.25, 0.3) is 5.91 Å². The van der Waals surface area contributed by atoms with Crippen LogP contribution in [0.1, 0.15) is 42.5 Å². The van der Waals surface area contributed by atoms with E-state index in [9.17, 15) is 15.0 Å². The Morgan fingerprint density at radius 2 is 1.72 bits per heavy atom. The van der Waals surface area contributed by atoms with Crippen molar-refractivity contribution in [2.45, 2.75) is 32.1 Å². The zero-order valence-corrected chi connectivity index (χ0v) is 10.4. The van der Waals surface area contributed by atoms with Gasteiger partial charge in [0.15, 0.2) is 0 Å². The first-order valence-corrected chi connectivity index (χ1v) is 6.46. The second-order valence-corrected chi connectivity index (χ2v) is 4.95. The van der Waals surface area contributed by atoms with Gasteiger partial charge in [-0.05, 0) is 30.9 Å². The van der Waals surface area contributed by atoms with Gasteiger partial charge in [-0.15, -0.1) is 0 Å². The summed E-state index contributed by atoms with van der Waals surface area (Å²) in [4.78, 5) is 11.9. The van der Waals surface area contributed by atoms with Gasteiger partial charge in [0.2, 0.25) is 0 Å². The van der Waals surface area contributed by atoms with Crippen LogP contribution < -0.4 is 5.32 Å². The van der Waals surface area contributed by atoms with Crippen molar-refractivity contribution in [1.82, 2.24) is 5.32 Å². The highest BCUT2D eigenvalue weighted by atomic mass is 16.3. The minimum absolute atomic E-state index is 0.0992. The molecule has 0 spiro atoms. The maximum Gasteiger partial charge on any atom is 0.251 e. The van der Waals surface area contributed by atoms with E-state index in [-0.39, 0.29) is 17.4 Å². The predicted molar refractivity (Wildman–Crippen MR) is 68.7 cm³/mol. The zero-order valence-electron chi connectivity index (χ0n) is 10.4. The predicted octanol–water partition coefficient (Wildman–Crippen LogP) is 2.41. The molecule has 0 heterocycles. The summed E-state index contributed by atoms with van der Waals surface area (Å²) in [7, 11) is 0. The van der Waals surface area contributed by atoms with Gasteiger partial charge in [0, 0.05) is 18.2 Å². The summed E-state index contributed by atoms with van der Waals surface area (Å²) >= 11 is 0. The minimum atomic E-state index is -0.244. The van der Waals surface area contributed by atoms with Crippen molar-refractivity contribution in [2.75, 3.05) is 6.54 Å². The number of phenols is 2. The molecule has 1 saturated carbocycles. The first-order valence-electron chi connectivity index (χ1n) is 6.46. The molecule has 0 aliphatic heterocycles. The first kappa shape index (κ1) is 12.7. The Bertz CT molecular complexity index is 405.